The molecule has 0 N–H and O–H groups in total. The predicted molar refractivity (Wildman–Crippen MR) is 111 cm³/mol. The van der Waals surface area contributed by atoms with Crippen molar-refractivity contribution in [3.8, 4) is 11.5 Å². The Labute approximate surface area is 168 Å². The molecule has 7 heteroatoms. The van der Waals surface area contributed by atoms with Crippen molar-refractivity contribution in [1.82, 2.24) is 9.80 Å². The van der Waals surface area contributed by atoms with Gasteiger partial charge in [0.2, 0.25) is 0 Å². The number of amidine groups is 1. The highest BCUT2D eigenvalue weighted by Gasteiger charge is 2.35. The molecule has 0 spiro atoms. The molecule has 2 aromatic rings. The van der Waals surface area contributed by atoms with Gasteiger partial charge in [0.1, 0.15) is 5.70 Å². The monoisotopic (exact) mass is 395 g/mol. The molecule has 28 heavy (non-hydrogen) atoms. The summed E-state index contributed by atoms with van der Waals surface area (Å²) in [7, 11) is 3.19. The second kappa shape index (κ2) is 8.08. The van der Waals surface area contributed by atoms with Crippen LogP contribution >= 0.6 is 11.8 Å². The molecular formula is C21H21N3O3S. The van der Waals surface area contributed by atoms with Gasteiger partial charge < -0.3 is 9.47 Å². The van der Waals surface area contributed by atoms with Crippen molar-refractivity contribution < 1.29 is 14.3 Å². The van der Waals surface area contributed by atoms with Crippen molar-refractivity contribution in [2.24, 2.45) is 4.99 Å². The van der Waals surface area contributed by atoms with Crippen molar-refractivity contribution in [3.63, 3.8) is 0 Å². The molecule has 0 radical (unpaired) electrons. The maximum atomic E-state index is 12.9. The first kappa shape index (κ1) is 18.6. The number of benzene rings is 2. The van der Waals surface area contributed by atoms with E-state index < -0.39 is 0 Å². The SMILES string of the molecule is COc1ccc(C=C2N=C3SCN(Cc4ccccc4)CN3C2=O)cc1OC. The molecule has 2 heterocycles. The zero-order valence-corrected chi connectivity index (χ0v) is 16.6. The van der Waals surface area contributed by atoms with E-state index in [0.717, 1.165) is 23.2 Å². The van der Waals surface area contributed by atoms with Gasteiger partial charge in [-0.2, -0.15) is 0 Å². The van der Waals surface area contributed by atoms with Crippen LogP contribution in [0.25, 0.3) is 6.08 Å². The van der Waals surface area contributed by atoms with Gasteiger partial charge in [-0.3, -0.25) is 14.6 Å². The minimum absolute atomic E-state index is 0.0740. The number of amides is 1. The Morgan fingerprint density at radius 1 is 1.11 bits per heavy atom. The quantitative estimate of drug-likeness (QED) is 0.727. The van der Waals surface area contributed by atoms with E-state index in [4.69, 9.17) is 9.47 Å². The van der Waals surface area contributed by atoms with Crippen molar-refractivity contribution in [2.45, 2.75) is 6.54 Å². The van der Waals surface area contributed by atoms with Crippen molar-refractivity contribution in [2.75, 3.05) is 26.8 Å². The Balaban J connectivity index is 1.50. The van der Waals surface area contributed by atoms with E-state index in [2.05, 4.69) is 22.0 Å². The van der Waals surface area contributed by atoms with E-state index in [1.54, 1.807) is 37.0 Å². The number of carbonyl (C=O) groups excluding carboxylic acids is 1. The van der Waals surface area contributed by atoms with Crippen LogP contribution in [0.5, 0.6) is 11.5 Å². The summed E-state index contributed by atoms with van der Waals surface area (Å²) in [4.78, 5) is 21.4. The highest BCUT2D eigenvalue weighted by Crippen LogP contribution is 2.31. The number of nitrogens with zero attached hydrogens (tertiary/aromatic N) is 3. The van der Waals surface area contributed by atoms with Crippen LogP contribution in [0.3, 0.4) is 0 Å². The summed E-state index contributed by atoms with van der Waals surface area (Å²) in [6.45, 7) is 1.35. The van der Waals surface area contributed by atoms with E-state index in [1.165, 1.54) is 5.56 Å². The van der Waals surface area contributed by atoms with Crippen LogP contribution in [0.4, 0.5) is 0 Å². The summed E-state index contributed by atoms with van der Waals surface area (Å²) in [6.07, 6.45) is 1.79. The van der Waals surface area contributed by atoms with E-state index in [0.29, 0.717) is 23.9 Å². The number of hydrogen-bond acceptors (Lipinski definition) is 6. The number of methoxy groups -OCH3 is 2. The normalized spacial score (nSPS) is 18.2. The molecule has 2 aromatic carbocycles. The largest absolute Gasteiger partial charge is 0.493 e. The number of aliphatic imine (C=N–C) groups is 1. The number of carbonyl (C=O) groups is 1. The lowest BCUT2D eigenvalue weighted by molar-refractivity contribution is -0.124. The van der Waals surface area contributed by atoms with Crippen LogP contribution in [-0.2, 0) is 11.3 Å². The van der Waals surface area contributed by atoms with Crippen LogP contribution in [0.2, 0.25) is 0 Å². The summed E-state index contributed by atoms with van der Waals surface area (Å²) in [6, 6.07) is 15.8. The lowest BCUT2D eigenvalue weighted by Gasteiger charge is -2.32. The molecule has 0 unspecified atom stereocenters. The van der Waals surface area contributed by atoms with Gasteiger partial charge >= 0.3 is 0 Å². The molecule has 0 saturated carbocycles. The predicted octanol–water partition coefficient (Wildman–Crippen LogP) is 3.41. The maximum Gasteiger partial charge on any atom is 0.279 e. The van der Waals surface area contributed by atoms with Gasteiger partial charge in [0.15, 0.2) is 16.7 Å². The molecule has 1 amide bonds. The first-order valence-electron chi connectivity index (χ1n) is 8.91. The van der Waals surface area contributed by atoms with Crippen LogP contribution in [-0.4, -0.2) is 47.6 Å². The van der Waals surface area contributed by atoms with Gasteiger partial charge in [-0.1, -0.05) is 48.2 Å². The van der Waals surface area contributed by atoms with Gasteiger partial charge in [0.05, 0.1) is 26.8 Å². The van der Waals surface area contributed by atoms with E-state index in [1.807, 2.05) is 36.4 Å². The first-order valence-corrected chi connectivity index (χ1v) is 9.90. The summed E-state index contributed by atoms with van der Waals surface area (Å²) in [5.41, 5.74) is 2.52. The maximum absolute atomic E-state index is 12.9. The molecule has 2 aliphatic rings. The van der Waals surface area contributed by atoms with Crippen LogP contribution in [0.1, 0.15) is 11.1 Å². The molecule has 0 bridgehead atoms. The molecule has 144 valence electrons. The Bertz CT molecular complexity index is 943. The average Bonchev–Trinajstić information content (AvgIpc) is 3.04. The molecule has 0 aromatic heterocycles. The number of fused-ring (bicyclic) bond motifs is 1. The molecule has 2 aliphatic heterocycles. The molecule has 1 fully saturated rings. The van der Waals surface area contributed by atoms with E-state index in [9.17, 15) is 4.79 Å². The van der Waals surface area contributed by atoms with Crippen molar-refractivity contribution in [1.29, 1.82) is 0 Å². The topological polar surface area (TPSA) is 54.4 Å². The number of thioether (sulfide) groups is 1. The lowest BCUT2D eigenvalue weighted by atomic mass is 10.1. The minimum Gasteiger partial charge on any atom is -0.493 e. The molecule has 6 nitrogen and oxygen atoms in total. The van der Waals surface area contributed by atoms with Gasteiger partial charge in [-0.25, -0.2) is 4.99 Å². The Morgan fingerprint density at radius 2 is 1.89 bits per heavy atom. The smallest absolute Gasteiger partial charge is 0.279 e. The molecule has 1 saturated heterocycles. The minimum atomic E-state index is -0.0740. The summed E-state index contributed by atoms with van der Waals surface area (Å²) in [5, 5.41) is 0.765. The second-order valence-electron chi connectivity index (χ2n) is 6.50. The molecular weight excluding hydrogens is 374 g/mol. The van der Waals surface area contributed by atoms with Crippen LogP contribution in [0, 0.1) is 0 Å². The van der Waals surface area contributed by atoms with Crippen molar-refractivity contribution >= 4 is 28.9 Å². The number of ether oxygens (including phenoxy) is 2. The third-order valence-corrected chi connectivity index (χ3v) is 5.65. The van der Waals surface area contributed by atoms with E-state index in [-0.39, 0.29) is 5.91 Å². The van der Waals surface area contributed by atoms with Crippen molar-refractivity contribution in [3.05, 3.63) is 65.4 Å². The highest BCUT2D eigenvalue weighted by molar-refractivity contribution is 8.13. The molecule has 0 aliphatic carbocycles. The number of rotatable bonds is 5. The van der Waals surface area contributed by atoms with Crippen LogP contribution < -0.4 is 9.47 Å². The zero-order valence-electron chi connectivity index (χ0n) is 15.8. The van der Waals surface area contributed by atoms with E-state index >= 15 is 0 Å². The summed E-state index contributed by atoms with van der Waals surface area (Å²) in [5.74, 6) is 2.01. The lowest BCUT2D eigenvalue weighted by Crippen LogP contribution is -2.45. The molecule has 4 rings (SSSR count). The van der Waals surface area contributed by atoms with Gasteiger partial charge in [0, 0.05) is 6.54 Å². The Morgan fingerprint density at radius 3 is 2.64 bits per heavy atom. The fourth-order valence-electron chi connectivity index (χ4n) is 3.19. The average molecular weight is 395 g/mol. The zero-order chi connectivity index (χ0) is 19.5. The Kier molecular flexibility index (Phi) is 5.36. The van der Waals surface area contributed by atoms with Crippen LogP contribution in [0.15, 0.2) is 59.2 Å². The Hall–Kier alpha value is -2.77. The van der Waals surface area contributed by atoms with Gasteiger partial charge in [-0.15, -0.1) is 0 Å². The fourth-order valence-corrected chi connectivity index (χ4v) is 4.12. The second-order valence-corrected chi connectivity index (χ2v) is 7.41. The summed E-state index contributed by atoms with van der Waals surface area (Å²) < 4.78 is 10.6. The highest BCUT2D eigenvalue weighted by atomic mass is 32.2. The number of hydrogen-bond donors (Lipinski definition) is 0. The van der Waals surface area contributed by atoms with Gasteiger partial charge in [-0.05, 0) is 29.3 Å². The molecule has 0 atom stereocenters. The first-order chi connectivity index (χ1) is 13.7. The standard InChI is InChI=1S/C21H21N3O3S/c1-26-18-9-8-16(11-19(18)27-2)10-17-20(25)24-13-23(14-28-21(24)22-17)12-15-6-4-3-5-7-15/h3-11H,12-14H2,1-2H3. The third kappa shape index (κ3) is 3.76. The summed E-state index contributed by atoms with van der Waals surface area (Å²) >= 11 is 1.59. The fraction of sp³-hybridized carbons (Fsp3) is 0.238. The van der Waals surface area contributed by atoms with Gasteiger partial charge in [0.25, 0.3) is 5.91 Å². The third-order valence-electron chi connectivity index (χ3n) is 4.59.